The van der Waals surface area contributed by atoms with Crippen molar-refractivity contribution in [2.75, 3.05) is 6.61 Å². The zero-order chi connectivity index (χ0) is 29.4. The van der Waals surface area contributed by atoms with Crippen LogP contribution in [0.4, 0.5) is 4.79 Å². The summed E-state index contributed by atoms with van der Waals surface area (Å²) in [4.78, 5) is 39.2. The molecule has 41 heavy (non-hydrogen) atoms. The van der Waals surface area contributed by atoms with Gasteiger partial charge in [-0.25, -0.2) is 4.79 Å². The number of carbonyl (C=O) groups is 3. The fourth-order valence-corrected chi connectivity index (χ4v) is 4.92. The van der Waals surface area contributed by atoms with E-state index in [0.29, 0.717) is 37.9 Å². The summed E-state index contributed by atoms with van der Waals surface area (Å²) in [5.41, 5.74) is 3.97. The summed E-state index contributed by atoms with van der Waals surface area (Å²) in [6, 6.07) is 15.4. The number of nitrogens with one attached hydrogen (secondary N) is 2. The molecule has 2 N–H and O–H groups in total. The number of ether oxygens (including phenoxy) is 2. The maximum atomic E-state index is 13.0. The Kier molecular flexibility index (Phi) is 9.69. The van der Waals surface area contributed by atoms with E-state index in [1.807, 2.05) is 45.0 Å². The molecule has 0 saturated carbocycles. The van der Waals surface area contributed by atoms with Crippen LogP contribution in [0.2, 0.25) is 0 Å². The predicted molar refractivity (Wildman–Crippen MR) is 152 cm³/mol. The van der Waals surface area contributed by atoms with Gasteiger partial charge in [0.2, 0.25) is 5.91 Å². The van der Waals surface area contributed by atoms with Gasteiger partial charge < -0.3 is 20.1 Å². The Balaban J connectivity index is 1.32. The van der Waals surface area contributed by atoms with E-state index in [1.54, 1.807) is 7.05 Å². The smallest absolute Gasteiger partial charge is 0.407 e. The lowest BCUT2D eigenvalue weighted by Gasteiger charge is -2.20. The molecule has 1 aliphatic rings. The van der Waals surface area contributed by atoms with Gasteiger partial charge in [0.25, 0.3) is 0 Å². The molecule has 0 unspecified atom stereocenters. The number of aromatic nitrogens is 4. The standard InChI is InChI=1S/C30H38N6O5/c1-30(2,3)41-27(37)17-7-5-6-16-25(28(38)31-18-26-33-35-36(4)34-26)32-29(39)40-19-24-22-14-10-8-12-20(22)21-13-9-11-15-23(21)24/h8-15,24-25H,5-7,16-19H2,1-4H3,(H,31,38)(H,32,39)/t25-/m0/s1. The molecule has 11 nitrogen and oxygen atoms in total. The van der Waals surface area contributed by atoms with Crippen molar-refractivity contribution in [3.05, 3.63) is 65.5 Å². The second-order valence-electron chi connectivity index (χ2n) is 11.1. The molecular weight excluding hydrogens is 524 g/mol. The van der Waals surface area contributed by atoms with Crippen LogP contribution < -0.4 is 10.6 Å². The number of benzene rings is 2. The first kappa shape index (κ1) is 29.7. The van der Waals surface area contributed by atoms with E-state index in [1.165, 1.54) is 4.80 Å². The molecular formula is C30H38N6O5. The summed E-state index contributed by atoms with van der Waals surface area (Å²) in [5.74, 6) is -0.354. The third kappa shape index (κ3) is 8.36. The number of amides is 2. The highest BCUT2D eigenvalue weighted by molar-refractivity contribution is 5.85. The minimum absolute atomic E-state index is 0.0776. The van der Waals surface area contributed by atoms with Crippen molar-refractivity contribution in [2.24, 2.45) is 7.05 Å². The van der Waals surface area contributed by atoms with Crippen LogP contribution in [-0.2, 0) is 32.7 Å². The van der Waals surface area contributed by atoms with Crippen molar-refractivity contribution in [2.45, 2.75) is 77.0 Å². The van der Waals surface area contributed by atoms with Crippen molar-refractivity contribution < 1.29 is 23.9 Å². The molecule has 0 radical (unpaired) electrons. The third-order valence-electron chi connectivity index (χ3n) is 6.72. The molecule has 0 fully saturated rings. The molecule has 4 rings (SSSR count). The number of esters is 1. The van der Waals surface area contributed by atoms with Gasteiger partial charge in [-0.05, 0) is 61.1 Å². The summed E-state index contributed by atoms with van der Waals surface area (Å²) in [5, 5.41) is 17.2. The predicted octanol–water partition coefficient (Wildman–Crippen LogP) is 4.03. The van der Waals surface area contributed by atoms with Crippen LogP contribution in [0.5, 0.6) is 0 Å². The molecule has 1 aromatic heterocycles. The van der Waals surface area contributed by atoms with Crippen LogP contribution in [0, 0.1) is 0 Å². The Morgan fingerprint density at radius 2 is 1.63 bits per heavy atom. The van der Waals surface area contributed by atoms with Crippen LogP contribution in [0.3, 0.4) is 0 Å². The zero-order valence-corrected chi connectivity index (χ0v) is 24.1. The van der Waals surface area contributed by atoms with Crippen molar-refractivity contribution in [1.29, 1.82) is 0 Å². The largest absolute Gasteiger partial charge is 0.460 e. The molecule has 3 aromatic rings. The second-order valence-corrected chi connectivity index (χ2v) is 11.1. The lowest BCUT2D eigenvalue weighted by Crippen LogP contribution is -2.47. The van der Waals surface area contributed by atoms with Gasteiger partial charge in [0, 0.05) is 12.3 Å². The third-order valence-corrected chi connectivity index (χ3v) is 6.72. The van der Waals surface area contributed by atoms with Crippen LogP contribution in [0.15, 0.2) is 48.5 Å². The molecule has 1 atom stereocenters. The number of carbonyl (C=O) groups excluding carboxylic acids is 3. The van der Waals surface area contributed by atoms with Gasteiger partial charge in [-0.3, -0.25) is 9.59 Å². The first-order valence-electron chi connectivity index (χ1n) is 13.9. The summed E-state index contributed by atoms with van der Waals surface area (Å²) in [6.07, 6.45) is 1.94. The van der Waals surface area contributed by atoms with E-state index in [0.717, 1.165) is 22.3 Å². The number of hydrogen-bond donors (Lipinski definition) is 2. The molecule has 0 aliphatic heterocycles. The Labute approximate surface area is 240 Å². The van der Waals surface area contributed by atoms with Crippen LogP contribution in [-0.4, -0.2) is 56.4 Å². The van der Waals surface area contributed by atoms with Crippen molar-refractivity contribution in [3.63, 3.8) is 0 Å². The quantitative estimate of drug-likeness (QED) is 0.249. The SMILES string of the molecule is Cn1nnc(CNC(=O)[C@H](CCCCCC(=O)OC(C)(C)C)NC(=O)OCC2c3ccccc3-c3ccccc32)n1. The van der Waals surface area contributed by atoms with Gasteiger partial charge >= 0.3 is 12.1 Å². The molecule has 0 spiro atoms. The highest BCUT2D eigenvalue weighted by atomic mass is 16.6. The van der Waals surface area contributed by atoms with Gasteiger partial charge in [0.05, 0.1) is 13.6 Å². The topological polar surface area (TPSA) is 137 Å². The fraction of sp³-hybridized carbons (Fsp3) is 0.467. The number of tetrazole rings is 1. The molecule has 0 bridgehead atoms. The van der Waals surface area contributed by atoms with Crippen molar-refractivity contribution >= 4 is 18.0 Å². The fourth-order valence-electron chi connectivity index (χ4n) is 4.92. The van der Waals surface area contributed by atoms with E-state index in [9.17, 15) is 14.4 Å². The number of fused-ring (bicyclic) bond motifs is 3. The molecule has 218 valence electrons. The number of unbranched alkanes of at least 4 members (excludes halogenated alkanes) is 2. The Hall–Kier alpha value is -4.28. The normalized spacial score (nSPS) is 13.2. The monoisotopic (exact) mass is 562 g/mol. The van der Waals surface area contributed by atoms with Crippen LogP contribution >= 0.6 is 0 Å². The van der Waals surface area contributed by atoms with Crippen LogP contribution in [0.25, 0.3) is 11.1 Å². The summed E-state index contributed by atoms with van der Waals surface area (Å²) >= 11 is 0. The maximum Gasteiger partial charge on any atom is 0.407 e. The van der Waals surface area contributed by atoms with Gasteiger partial charge in [-0.1, -0.05) is 61.4 Å². The second kappa shape index (κ2) is 13.4. The van der Waals surface area contributed by atoms with Crippen LogP contribution in [0.1, 0.15) is 75.7 Å². The Bertz CT molecular complexity index is 1320. The Morgan fingerprint density at radius 3 is 2.24 bits per heavy atom. The number of alkyl carbamates (subject to hydrolysis) is 1. The number of aryl methyl sites for hydroxylation is 1. The first-order valence-corrected chi connectivity index (χ1v) is 13.9. The Morgan fingerprint density at radius 1 is 0.976 bits per heavy atom. The highest BCUT2D eigenvalue weighted by Crippen LogP contribution is 2.44. The van der Waals surface area contributed by atoms with E-state index >= 15 is 0 Å². The van der Waals surface area contributed by atoms with Gasteiger partial charge in [0.1, 0.15) is 18.2 Å². The van der Waals surface area contributed by atoms with E-state index in [-0.39, 0.29) is 30.9 Å². The number of hydrogen-bond acceptors (Lipinski definition) is 8. The van der Waals surface area contributed by atoms with E-state index in [2.05, 4.69) is 50.3 Å². The minimum Gasteiger partial charge on any atom is -0.460 e. The lowest BCUT2D eigenvalue weighted by molar-refractivity contribution is -0.154. The van der Waals surface area contributed by atoms with Gasteiger partial charge in [-0.15, -0.1) is 10.2 Å². The maximum absolute atomic E-state index is 13.0. The van der Waals surface area contributed by atoms with Gasteiger partial charge in [0.15, 0.2) is 5.82 Å². The first-order chi connectivity index (χ1) is 19.6. The molecule has 1 heterocycles. The number of rotatable bonds is 12. The van der Waals surface area contributed by atoms with Crippen molar-refractivity contribution in [3.8, 4) is 11.1 Å². The number of nitrogens with zero attached hydrogens (tertiary/aromatic N) is 4. The molecule has 11 heteroatoms. The molecule has 0 saturated heterocycles. The average Bonchev–Trinajstić information content (AvgIpc) is 3.49. The van der Waals surface area contributed by atoms with Gasteiger partial charge in [-0.2, -0.15) is 4.80 Å². The summed E-state index contributed by atoms with van der Waals surface area (Å²) < 4.78 is 11.0. The summed E-state index contributed by atoms with van der Waals surface area (Å²) in [6.45, 7) is 5.72. The van der Waals surface area contributed by atoms with E-state index in [4.69, 9.17) is 9.47 Å². The summed E-state index contributed by atoms with van der Waals surface area (Å²) in [7, 11) is 1.64. The van der Waals surface area contributed by atoms with Crippen molar-refractivity contribution in [1.82, 2.24) is 30.8 Å². The zero-order valence-electron chi connectivity index (χ0n) is 24.1. The lowest BCUT2D eigenvalue weighted by atomic mass is 9.98. The highest BCUT2D eigenvalue weighted by Gasteiger charge is 2.30. The van der Waals surface area contributed by atoms with E-state index < -0.39 is 17.7 Å². The average molecular weight is 563 g/mol. The molecule has 2 aromatic carbocycles. The molecule has 1 aliphatic carbocycles. The molecule has 2 amide bonds. The minimum atomic E-state index is -0.830.